The van der Waals surface area contributed by atoms with E-state index in [1.54, 1.807) is 0 Å². The summed E-state index contributed by atoms with van der Waals surface area (Å²) in [5.74, 6) is 0. The molecule has 1 unspecified atom stereocenters. The molecule has 1 atom stereocenters. The van der Waals surface area contributed by atoms with E-state index in [0.717, 1.165) is 32.5 Å². The highest BCUT2D eigenvalue weighted by atomic mass is 16.3. The zero-order chi connectivity index (χ0) is 10.7. The van der Waals surface area contributed by atoms with E-state index in [1.807, 2.05) is 0 Å². The van der Waals surface area contributed by atoms with Gasteiger partial charge in [0.25, 0.3) is 0 Å². The van der Waals surface area contributed by atoms with Crippen molar-refractivity contribution in [2.24, 2.45) is 0 Å². The minimum Gasteiger partial charge on any atom is -0.392 e. The van der Waals surface area contributed by atoms with Gasteiger partial charge in [-0.3, -0.25) is 4.90 Å². The first kappa shape index (κ1) is 10.7. The van der Waals surface area contributed by atoms with Crippen LogP contribution in [0.4, 0.5) is 0 Å². The fourth-order valence-corrected chi connectivity index (χ4v) is 2.25. The van der Waals surface area contributed by atoms with Crippen molar-refractivity contribution in [1.82, 2.24) is 4.90 Å². The summed E-state index contributed by atoms with van der Waals surface area (Å²) in [6.07, 6.45) is 1.90. The third-order valence-corrected chi connectivity index (χ3v) is 3.14. The smallest absolute Gasteiger partial charge is 0.0679 e. The number of β-amino-alcohol motifs (C(OH)–C–C–N with tert-alkyl or cyclic N) is 1. The van der Waals surface area contributed by atoms with Crippen LogP contribution >= 0.6 is 0 Å². The second-order valence-corrected chi connectivity index (χ2v) is 4.30. The Morgan fingerprint density at radius 1 is 1.33 bits per heavy atom. The van der Waals surface area contributed by atoms with Crippen LogP contribution in [0, 0.1) is 0 Å². The fraction of sp³-hybridized carbons (Fsp3) is 0.538. The number of hydrogen-bond acceptors (Lipinski definition) is 2. The molecule has 82 valence electrons. The quantitative estimate of drug-likeness (QED) is 0.813. The van der Waals surface area contributed by atoms with Gasteiger partial charge in [0.1, 0.15) is 0 Å². The fourth-order valence-electron chi connectivity index (χ4n) is 2.25. The molecule has 0 aliphatic carbocycles. The maximum Gasteiger partial charge on any atom is 0.0679 e. The second kappa shape index (κ2) is 4.77. The monoisotopic (exact) mass is 205 g/mol. The zero-order valence-electron chi connectivity index (χ0n) is 9.32. The average Bonchev–Trinajstić information content (AvgIpc) is 2.65. The lowest BCUT2D eigenvalue weighted by atomic mass is 10.1. The Kier molecular flexibility index (Phi) is 3.39. The molecule has 0 saturated carbocycles. The lowest BCUT2D eigenvalue weighted by molar-refractivity contribution is 0.174. The SMILES string of the molecule is CCc1ccccc1CN1CCC(O)C1. The molecule has 1 aliphatic rings. The van der Waals surface area contributed by atoms with E-state index in [0.29, 0.717) is 0 Å². The molecule has 1 fully saturated rings. The third kappa shape index (κ3) is 2.58. The summed E-state index contributed by atoms with van der Waals surface area (Å²) in [4.78, 5) is 2.33. The predicted octanol–water partition coefficient (Wildman–Crippen LogP) is 1.82. The molecule has 0 aromatic heterocycles. The molecule has 0 radical (unpaired) electrons. The molecule has 0 spiro atoms. The molecular weight excluding hydrogens is 186 g/mol. The Morgan fingerprint density at radius 2 is 2.07 bits per heavy atom. The second-order valence-electron chi connectivity index (χ2n) is 4.30. The van der Waals surface area contributed by atoms with Crippen LogP contribution in [-0.2, 0) is 13.0 Å². The molecule has 1 aromatic rings. The molecule has 1 saturated heterocycles. The van der Waals surface area contributed by atoms with Crippen LogP contribution < -0.4 is 0 Å². The molecule has 2 nitrogen and oxygen atoms in total. The summed E-state index contributed by atoms with van der Waals surface area (Å²) < 4.78 is 0. The van der Waals surface area contributed by atoms with E-state index in [9.17, 15) is 5.11 Å². The van der Waals surface area contributed by atoms with Crippen LogP contribution in [0.15, 0.2) is 24.3 Å². The van der Waals surface area contributed by atoms with Gasteiger partial charge >= 0.3 is 0 Å². The minimum absolute atomic E-state index is 0.112. The van der Waals surface area contributed by atoms with E-state index in [1.165, 1.54) is 11.1 Å². The molecule has 0 amide bonds. The van der Waals surface area contributed by atoms with E-state index in [-0.39, 0.29) is 6.10 Å². The van der Waals surface area contributed by atoms with Crippen LogP contribution in [0.25, 0.3) is 0 Å². The Bertz CT molecular complexity index is 324. The van der Waals surface area contributed by atoms with Gasteiger partial charge in [-0.1, -0.05) is 31.2 Å². The lowest BCUT2D eigenvalue weighted by Crippen LogP contribution is -2.22. The predicted molar refractivity (Wildman–Crippen MR) is 61.7 cm³/mol. The third-order valence-electron chi connectivity index (χ3n) is 3.14. The van der Waals surface area contributed by atoms with Crippen LogP contribution in [0.1, 0.15) is 24.5 Å². The van der Waals surface area contributed by atoms with Gasteiger partial charge in [0.15, 0.2) is 0 Å². The number of hydrogen-bond donors (Lipinski definition) is 1. The number of likely N-dealkylation sites (tertiary alicyclic amines) is 1. The van der Waals surface area contributed by atoms with Crippen molar-refractivity contribution in [1.29, 1.82) is 0 Å². The first-order valence-electron chi connectivity index (χ1n) is 5.76. The molecule has 2 heteroatoms. The Morgan fingerprint density at radius 3 is 2.67 bits per heavy atom. The Balaban J connectivity index is 2.04. The van der Waals surface area contributed by atoms with Crippen molar-refractivity contribution in [3.63, 3.8) is 0 Å². The molecular formula is C13H19NO. The summed E-state index contributed by atoms with van der Waals surface area (Å²) in [6.45, 7) is 5.04. The molecule has 1 heterocycles. The number of aliphatic hydroxyl groups is 1. The number of nitrogens with zero attached hydrogens (tertiary/aromatic N) is 1. The van der Waals surface area contributed by atoms with E-state index in [2.05, 4.69) is 36.1 Å². The number of aryl methyl sites for hydroxylation is 1. The van der Waals surface area contributed by atoms with Gasteiger partial charge in [0.2, 0.25) is 0 Å². The summed E-state index contributed by atoms with van der Waals surface area (Å²) in [5.41, 5.74) is 2.84. The summed E-state index contributed by atoms with van der Waals surface area (Å²) in [7, 11) is 0. The first-order chi connectivity index (χ1) is 7.29. The first-order valence-corrected chi connectivity index (χ1v) is 5.76. The highest BCUT2D eigenvalue weighted by molar-refractivity contribution is 5.27. The number of benzene rings is 1. The summed E-state index contributed by atoms with van der Waals surface area (Å²) in [5, 5.41) is 9.46. The Labute approximate surface area is 91.5 Å². The van der Waals surface area contributed by atoms with Crippen molar-refractivity contribution < 1.29 is 5.11 Å². The van der Waals surface area contributed by atoms with Crippen LogP contribution in [0.2, 0.25) is 0 Å². The minimum atomic E-state index is -0.112. The molecule has 1 aliphatic heterocycles. The van der Waals surface area contributed by atoms with Gasteiger partial charge in [-0.2, -0.15) is 0 Å². The molecule has 2 rings (SSSR count). The normalized spacial score (nSPS) is 22.1. The largest absolute Gasteiger partial charge is 0.392 e. The number of rotatable bonds is 3. The van der Waals surface area contributed by atoms with Gasteiger partial charge in [-0.15, -0.1) is 0 Å². The summed E-state index contributed by atoms with van der Waals surface area (Å²) >= 11 is 0. The van der Waals surface area contributed by atoms with Crippen LogP contribution in [0.5, 0.6) is 0 Å². The summed E-state index contributed by atoms with van der Waals surface area (Å²) in [6, 6.07) is 8.59. The van der Waals surface area contributed by atoms with Crippen molar-refractivity contribution in [3.8, 4) is 0 Å². The molecule has 0 bridgehead atoms. The van der Waals surface area contributed by atoms with Crippen molar-refractivity contribution in [2.45, 2.75) is 32.4 Å². The number of aliphatic hydroxyl groups excluding tert-OH is 1. The highest BCUT2D eigenvalue weighted by Gasteiger charge is 2.20. The van der Waals surface area contributed by atoms with E-state index < -0.39 is 0 Å². The topological polar surface area (TPSA) is 23.5 Å². The highest BCUT2D eigenvalue weighted by Crippen LogP contribution is 2.16. The standard InChI is InChI=1S/C13H19NO/c1-2-11-5-3-4-6-12(11)9-14-8-7-13(15)10-14/h3-6,13,15H,2,7-10H2,1H3. The lowest BCUT2D eigenvalue weighted by Gasteiger charge is -2.17. The molecule has 1 N–H and O–H groups in total. The maximum absolute atomic E-state index is 9.46. The van der Waals surface area contributed by atoms with Gasteiger partial charge in [-0.25, -0.2) is 0 Å². The van der Waals surface area contributed by atoms with E-state index in [4.69, 9.17) is 0 Å². The Hall–Kier alpha value is -0.860. The molecule has 1 aromatic carbocycles. The van der Waals surface area contributed by atoms with Crippen molar-refractivity contribution >= 4 is 0 Å². The van der Waals surface area contributed by atoms with Crippen molar-refractivity contribution in [2.75, 3.05) is 13.1 Å². The van der Waals surface area contributed by atoms with Gasteiger partial charge in [0.05, 0.1) is 6.10 Å². The average molecular weight is 205 g/mol. The van der Waals surface area contributed by atoms with Gasteiger partial charge in [0, 0.05) is 19.6 Å². The van der Waals surface area contributed by atoms with Crippen LogP contribution in [0.3, 0.4) is 0 Å². The molecule has 15 heavy (non-hydrogen) atoms. The van der Waals surface area contributed by atoms with Gasteiger partial charge < -0.3 is 5.11 Å². The van der Waals surface area contributed by atoms with E-state index >= 15 is 0 Å². The van der Waals surface area contributed by atoms with Crippen molar-refractivity contribution in [3.05, 3.63) is 35.4 Å². The maximum atomic E-state index is 9.46. The zero-order valence-corrected chi connectivity index (χ0v) is 9.32. The van der Waals surface area contributed by atoms with Crippen LogP contribution in [-0.4, -0.2) is 29.2 Å². The van der Waals surface area contributed by atoms with Gasteiger partial charge in [-0.05, 0) is 24.0 Å².